The fourth-order valence-electron chi connectivity index (χ4n) is 7.03. The first-order valence-electron chi connectivity index (χ1n) is 23.2. The van der Waals surface area contributed by atoms with Crippen LogP contribution in [-0.4, -0.2) is 80.6 Å². The molecule has 2 unspecified atom stereocenters. The Morgan fingerprint density at radius 2 is 0.909 bits per heavy atom. The third kappa shape index (κ3) is 37.4. The number of carbonyl (C=O) groups excluding carboxylic acids is 2. The first-order chi connectivity index (χ1) is 26.6. The van der Waals surface area contributed by atoms with E-state index in [1.807, 2.05) is 21.1 Å². The van der Waals surface area contributed by atoms with E-state index < -0.39 is 18.1 Å². The molecule has 0 rings (SSSR count). The zero-order valence-corrected chi connectivity index (χ0v) is 36.9. The molecule has 8 heteroatoms. The molecule has 0 aliphatic heterocycles. The van der Waals surface area contributed by atoms with Crippen molar-refractivity contribution in [2.24, 2.45) is 0 Å². The summed E-state index contributed by atoms with van der Waals surface area (Å²) in [6, 6.07) is -0.610. The van der Waals surface area contributed by atoms with E-state index in [0.717, 1.165) is 38.5 Å². The van der Waals surface area contributed by atoms with Crippen molar-refractivity contribution in [1.82, 2.24) is 0 Å². The molecule has 0 aromatic rings. The highest BCUT2D eigenvalue weighted by Crippen LogP contribution is 2.15. The largest absolute Gasteiger partial charge is 0.477 e. The molecule has 1 N–H and O–H groups in total. The highest BCUT2D eigenvalue weighted by atomic mass is 16.6. The van der Waals surface area contributed by atoms with Crippen LogP contribution in [0, 0.1) is 0 Å². The third-order valence-corrected chi connectivity index (χ3v) is 10.7. The average Bonchev–Trinajstić information content (AvgIpc) is 3.14. The number of carboxylic acids is 1. The highest BCUT2D eigenvalue weighted by molar-refractivity contribution is 5.72. The zero-order chi connectivity index (χ0) is 40.7. The van der Waals surface area contributed by atoms with Gasteiger partial charge in [0.15, 0.2) is 12.1 Å². The highest BCUT2D eigenvalue weighted by Gasteiger charge is 2.31. The summed E-state index contributed by atoms with van der Waals surface area (Å²) in [5.41, 5.74) is 0. The maximum Gasteiger partial charge on any atom is 0.362 e. The van der Waals surface area contributed by atoms with E-state index in [0.29, 0.717) is 19.3 Å². The van der Waals surface area contributed by atoms with Crippen LogP contribution in [0.5, 0.6) is 0 Å². The van der Waals surface area contributed by atoms with E-state index in [4.69, 9.17) is 14.2 Å². The van der Waals surface area contributed by atoms with Crippen LogP contribution in [0.15, 0.2) is 12.2 Å². The molecular weight excluding hydrogens is 691 g/mol. The molecule has 0 amide bonds. The summed E-state index contributed by atoms with van der Waals surface area (Å²) in [4.78, 5) is 36.9. The third-order valence-electron chi connectivity index (χ3n) is 10.7. The lowest BCUT2D eigenvalue weighted by Gasteiger charge is -2.31. The Hall–Kier alpha value is -1.93. The Kier molecular flexibility index (Phi) is 37.6. The molecule has 0 bridgehead atoms. The van der Waals surface area contributed by atoms with E-state index >= 15 is 0 Å². The van der Waals surface area contributed by atoms with Crippen molar-refractivity contribution < 1.29 is 38.2 Å². The van der Waals surface area contributed by atoms with Crippen LogP contribution in [0.3, 0.4) is 0 Å². The Bertz CT molecular complexity index is 915. The lowest BCUT2D eigenvalue weighted by Crippen LogP contribution is -2.50. The molecule has 0 heterocycles. The van der Waals surface area contributed by atoms with E-state index in [2.05, 4.69) is 26.0 Å². The van der Waals surface area contributed by atoms with Crippen LogP contribution in [0.25, 0.3) is 0 Å². The Morgan fingerprint density at radius 1 is 0.527 bits per heavy atom. The predicted molar refractivity (Wildman–Crippen MR) is 229 cm³/mol. The molecule has 2 atom stereocenters. The molecular formula is C47H90NO7+. The first-order valence-corrected chi connectivity index (χ1v) is 23.2. The number of unbranched alkanes of at least 4 members (excludes halogenated alkanes) is 26. The minimum absolute atomic E-state index is 0.0471. The van der Waals surface area contributed by atoms with Gasteiger partial charge in [0.25, 0.3) is 0 Å². The number of hydrogen-bond acceptors (Lipinski definition) is 6. The van der Waals surface area contributed by atoms with Crippen LogP contribution >= 0.6 is 0 Å². The number of carboxylic acid groups (broad SMARTS) is 1. The first kappa shape index (κ1) is 53.1. The van der Waals surface area contributed by atoms with Gasteiger partial charge in [-0.05, 0) is 38.5 Å². The van der Waals surface area contributed by atoms with Crippen molar-refractivity contribution in [3.05, 3.63) is 12.2 Å². The minimum atomic E-state index is -0.873. The fourth-order valence-corrected chi connectivity index (χ4v) is 7.03. The Labute approximate surface area is 339 Å². The van der Waals surface area contributed by atoms with Gasteiger partial charge in [-0.1, -0.05) is 174 Å². The van der Waals surface area contributed by atoms with E-state index in [-0.39, 0.29) is 36.2 Å². The maximum atomic E-state index is 12.7. The minimum Gasteiger partial charge on any atom is -0.477 e. The lowest BCUT2D eigenvalue weighted by atomic mass is 10.1. The molecule has 0 aliphatic rings. The van der Waals surface area contributed by atoms with Crippen LogP contribution in [-0.2, 0) is 28.6 Å². The topological polar surface area (TPSA) is 99.1 Å². The Balaban J connectivity index is 4.22. The van der Waals surface area contributed by atoms with Crippen molar-refractivity contribution in [3.63, 3.8) is 0 Å². The summed E-state index contributed by atoms with van der Waals surface area (Å²) in [5, 5.41) is 9.61. The molecule has 324 valence electrons. The van der Waals surface area contributed by atoms with Crippen molar-refractivity contribution in [3.8, 4) is 0 Å². The van der Waals surface area contributed by atoms with Gasteiger partial charge < -0.3 is 23.8 Å². The van der Waals surface area contributed by atoms with Gasteiger partial charge in [-0.2, -0.15) is 0 Å². The number of hydrogen-bond donors (Lipinski definition) is 1. The number of rotatable bonds is 42. The van der Waals surface area contributed by atoms with Gasteiger partial charge in [0.05, 0.1) is 34.4 Å². The van der Waals surface area contributed by atoms with E-state index in [1.54, 1.807) is 0 Å². The van der Waals surface area contributed by atoms with Gasteiger partial charge in [0, 0.05) is 19.3 Å². The summed E-state index contributed by atoms with van der Waals surface area (Å²) in [7, 11) is 5.53. The number of carbonyl (C=O) groups is 3. The number of allylic oxidation sites excluding steroid dienone is 2. The summed E-state index contributed by atoms with van der Waals surface area (Å²) >= 11 is 0. The lowest BCUT2D eigenvalue weighted by molar-refractivity contribution is -0.887. The number of esters is 2. The monoisotopic (exact) mass is 781 g/mol. The van der Waals surface area contributed by atoms with Gasteiger partial charge in [0.2, 0.25) is 0 Å². The maximum absolute atomic E-state index is 12.7. The van der Waals surface area contributed by atoms with Crippen molar-refractivity contribution in [1.29, 1.82) is 0 Å². The Morgan fingerprint density at radius 3 is 1.31 bits per heavy atom. The second-order valence-corrected chi connectivity index (χ2v) is 17.0. The van der Waals surface area contributed by atoms with Crippen molar-refractivity contribution >= 4 is 17.9 Å². The van der Waals surface area contributed by atoms with Crippen molar-refractivity contribution in [2.75, 3.05) is 41.0 Å². The van der Waals surface area contributed by atoms with Crippen LogP contribution in [0.2, 0.25) is 0 Å². The van der Waals surface area contributed by atoms with Gasteiger partial charge in [-0.25, -0.2) is 4.79 Å². The molecule has 0 saturated heterocycles. The molecule has 0 saturated carbocycles. The molecule has 0 fully saturated rings. The quantitative estimate of drug-likeness (QED) is 0.0285. The zero-order valence-electron chi connectivity index (χ0n) is 36.9. The summed E-state index contributed by atoms with van der Waals surface area (Å²) in [5.74, 6) is -1.46. The fraction of sp³-hybridized carbons (Fsp3) is 0.894. The standard InChI is InChI=1S/C47H89NO7/c1-6-8-10-12-14-16-18-19-20-21-22-23-24-25-26-27-28-30-32-34-36-38-46(50)55-43(41-53-40-39-44(47(51)52)48(3,4)5)42-54-45(49)37-35-33-31-29-17-15-13-11-9-7-2/h23-24,43-44H,6-22,25-42H2,1-5H3/p+1/b24-23+. The summed E-state index contributed by atoms with van der Waals surface area (Å²) in [6.45, 7) is 4.74. The molecule has 0 radical (unpaired) electrons. The molecule has 0 spiro atoms. The summed E-state index contributed by atoms with van der Waals surface area (Å²) < 4.78 is 17.3. The number of aliphatic carboxylic acids is 1. The SMILES string of the molecule is CCCCCCCCCCCC/C=C/CCCCCCCCCC(=O)OC(COCCC(C(=O)O)[N+](C)(C)C)COC(=O)CCCCCCCCCCCC. The van der Waals surface area contributed by atoms with Crippen LogP contribution in [0.1, 0.15) is 219 Å². The normalized spacial score (nSPS) is 13.0. The molecule has 55 heavy (non-hydrogen) atoms. The second kappa shape index (κ2) is 38.9. The summed E-state index contributed by atoms with van der Waals surface area (Å²) in [6.07, 6.45) is 41.2. The van der Waals surface area contributed by atoms with Crippen LogP contribution < -0.4 is 0 Å². The number of ether oxygens (including phenoxy) is 3. The van der Waals surface area contributed by atoms with E-state index in [1.165, 1.54) is 148 Å². The van der Waals surface area contributed by atoms with Gasteiger partial charge >= 0.3 is 17.9 Å². The van der Waals surface area contributed by atoms with Gasteiger partial charge in [-0.15, -0.1) is 0 Å². The van der Waals surface area contributed by atoms with Gasteiger partial charge in [-0.3, -0.25) is 9.59 Å². The average molecular weight is 781 g/mol. The smallest absolute Gasteiger partial charge is 0.362 e. The molecule has 0 aromatic heterocycles. The van der Waals surface area contributed by atoms with E-state index in [9.17, 15) is 19.5 Å². The predicted octanol–water partition coefficient (Wildman–Crippen LogP) is 12.7. The van der Waals surface area contributed by atoms with Crippen LogP contribution in [0.4, 0.5) is 0 Å². The number of quaternary nitrogens is 1. The second-order valence-electron chi connectivity index (χ2n) is 17.0. The number of likely N-dealkylation sites (N-methyl/N-ethyl adjacent to an activating group) is 1. The van der Waals surface area contributed by atoms with Gasteiger partial charge in [0.1, 0.15) is 6.61 Å². The number of nitrogens with zero attached hydrogens (tertiary/aromatic N) is 1. The molecule has 0 aliphatic carbocycles. The molecule has 0 aromatic carbocycles. The molecule has 8 nitrogen and oxygen atoms in total. The van der Waals surface area contributed by atoms with Crippen molar-refractivity contribution in [2.45, 2.75) is 231 Å².